The quantitative estimate of drug-likeness (QED) is 0.325. The molecule has 0 bridgehead atoms. The molecule has 1 unspecified atom stereocenters. The lowest BCUT2D eigenvalue weighted by molar-refractivity contribution is -0.120. The molecule has 0 spiro atoms. The summed E-state index contributed by atoms with van der Waals surface area (Å²) in [5, 5.41) is 9.55. The van der Waals surface area contributed by atoms with Gasteiger partial charge in [0.25, 0.3) is 0 Å². The molecule has 0 aromatic carbocycles. The van der Waals surface area contributed by atoms with Crippen molar-refractivity contribution in [3.8, 4) is 0 Å². The van der Waals surface area contributed by atoms with Gasteiger partial charge in [0, 0.05) is 19.1 Å². The Morgan fingerprint density at radius 1 is 1.13 bits per heavy atom. The van der Waals surface area contributed by atoms with E-state index < -0.39 is 0 Å². The lowest BCUT2D eigenvalue weighted by Gasteiger charge is -2.23. The third-order valence-electron chi connectivity index (χ3n) is 4.17. The zero-order valence-corrected chi connectivity index (χ0v) is 17.5. The second-order valence-corrected chi connectivity index (χ2v) is 6.84. The first-order valence-electron chi connectivity index (χ1n) is 8.77. The monoisotopic (exact) mass is 438 g/mol. The normalized spacial score (nSPS) is 17.3. The standard InChI is InChI=1S/C17H34N4O.HI/c1-13(2)10-11-14(3)20-17(18-4)19-12-16(22)21-15-8-6-5-7-9-15;/h13-15H,5-12H2,1-4H3,(H,21,22)(H2,18,19,20);1H. The van der Waals surface area contributed by atoms with Crippen LogP contribution in [0.25, 0.3) is 0 Å². The third kappa shape index (κ3) is 10.8. The summed E-state index contributed by atoms with van der Waals surface area (Å²) in [6.07, 6.45) is 8.29. The summed E-state index contributed by atoms with van der Waals surface area (Å²) in [5.74, 6) is 1.47. The van der Waals surface area contributed by atoms with Crippen LogP contribution in [0.3, 0.4) is 0 Å². The molecule has 0 aromatic heterocycles. The van der Waals surface area contributed by atoms with Crippen LogP contribution in [0.5, 0.6) is 0 Å². The number of carbonyl (C=O) groups excluding carboxylic acids is 1. The maximum absolute atomic E-state index is 12.0. The summed E-state index contributed by atoms with van der Waals surface area (Å²) in [6, 6.07) is 0.720. The molecule has 0 heterocycles. The Labute approximate surface area is 158 Å². The molecular weight excluding hydrogens is 403 g/mol. The maximum Gasteiger partial charge on any atom is 0.239 e. The summed E-state index contributed by atoms with van der Waals surface area (Å²) in [7, 11) is 1.74. The van der Waals surface area contributed by atoms with Gasteiger partial charge in [-0.25, -0.2) is 0 Å². The number of nitrogens with zero attached hydrogens (tertiary/aromatic N) is 1. The third-order valence-corrected chi connectivity index (χ3v) is 4.17. The minimum absolute atomic E-state index is 0. The Kier molecular flexibility index (Phi) is 12.5. The highest BCUT2D eigenvalue weighted by Gasteiger charge is 2.15. The Morgan fingerprint density at radius 2 is 1.78 bits per heavy atom. The molecule has 1 atom stereocenters. The summed E-state index contributed by atoms with van der Waals surface area (Å²) < 4.78 is 0. The van der Waals surface area contributed by atoms with Crippen LogP contribution in [0, 0.1) is 5.92 Å². The van der Waals surface area contributed by atoms with Gasteiger partial charge < -0.3 is 16.0 Å². The molecule has 136 valence electrons. The molecule has 3 N–H and O–H groups in total. The lowest BCUT2D eigenvalue weighted by atomic mass is 9.95. The van der Waals surface area contributed by atoms with E-state index in [1.807, 2.05) is 0 Å². The van der Waals surface area contributed by atoms with Crippen LogP contribution in [0.1, 0.15) is 65.7 Å². The molecule has 1 saturated carbocycles. The second kappa shape index (κ2) is 12.8. The summed E-state index contributed by atoms with van der Waals surface area (Å²) in [5.41, 5.74) is 0. The Balaban J connectivity index is 0.00000484. The highest BCUT2D eigenvalue weighted by Crippen LogP contribution is 2.17. The van der Waals surface area contributed by atoms with Gasteiger partial charge in [0.1, 0.15) is 0 Å². The molecule has 23 heavy (non-hydrogen) atoms. The molecule has 6 heteroatoms. The largest absolute Gasteiger partial charge is 0.354 e. The fourth-order valence-electron chi connectivity index (χ4n) is 2.77. The van der Waals surface area contributed by atoms with Gasteiger partial charge in [-0.2, -0.15) is 0 Å². The first kappa shape index (κ1) is 22.5. The average Bonchev–Trinajstić information content (AvgIpc) is 2.50. The minimum atomic E-state index is 0. The van der Waals surface area contributed by atoms with Crippen LogP contribution in [-0.2, 0) is 4.79 Å². The highest BCUT2D eigenvalue weighted by atomic mass is 127. The molecule has 5 nitrogen and oxygen atoms in total. The molecule has 0 aliphatic heterocycles. The predicted molar refractivity (Wildman–Crippen MR) is 108 cm³/mol. The first-order valence-corrected chi connectivity index (χ1v) is 8.77. The highest BCUT2D eigenvalue weighted by molar-refractivity contribution is 14.0. The maximum atomic E-state index is 12.0. The van der Waals surface area contributed by atoms with E-state index in [1.165, 1.54) is 25.7 Å². The molecule has 0 saturated heterocycles. The van der Waals surface area contributed by atoms with Gasteiger partial charge in [-0.3, -0.25) is 9.79 Å². The van der Waals surface area contributed by atoms with Gasteiger partial charge in [-0.05, 0) is 38.5 Å². The van der Waals surface area contributed by atoms with Crippen LogP contribution < -0.4 is 16.0 Å². The van der Waals surface area contributed by atoms with Gasteiger partial charge in [-0.15, -0.1) is 24.0 Å². The smallest absolute Gasteiger partial charge is 0.239 e. The molecule has 0 radical (unpaired) electrons. The van der Waals surface area contributed by atoms with Crippen LogP contribution in [0.2, 0.25) is 0 Å². The van der Waals surface area contributed by atoms with Crippen molar-refractivity contribution in [1.29, 1.82) is 0 Å². The summed E-state index contributed by atoms with van der Waals surface area (Å²) in [4.78, 5) is 16.2. The summed E-state index contributed by atoms with van der Waals surface area (Å²) >= 11 is 0. The zero-order chi connectivity index (χ0) is 16.4. The number of hydrogen-bond donors (Lipinski definition) is 3. The van der Waals surface area contributed by atoms with Crippen LogP contribution in [-0.4, -0.2) is 37.5 Å². The van der Waals surface area contributed by atoms with E-state index in [-0.39, 0.29) is 36.4 Å². The van der Waals surface area contributed by atoms with Crippen LogP contribution in [0.4, 0.5) is 0 Å². The van der Waals surface area contributed by atoms with Crippen molar-refractivity contribution in [1.82, 2.24) is 16.0 Å². The number of amides is 1. The molecule has 1 rings (SSSR count). The Hall–Kier alpha value is -0.530. The summed E-state index contributed by atoms with van der Waals surface area (Å²) in [6.45, 7) is 6.90. The number of nitrogens with one attached hydrogen (secondary N) is 3. The van der Waals surface area contributed by atoms with Gasteiger partial charge in [0.15, 0.2) is 5.96 Å². The van der Waals surface area contributed by atoms with Crippen molar-refractivity contribution >= 4 is 35.8 Å². The van der Waals surface area contributed by atoms with E-state index in [4.69, 9.17) is 0 Å². The number of halogens is 1. The van der Waals surface area contributed by atoms with Crippen LogP contribution in [0.15, 0.2) is 4.99 Å². The second-order valence-electron chi connectivity index (χ2n) is 6.84. The fourth-order valence-corrected chi connectivity index (χ4v) is 2.77. The minimum Gasteiger partial charge on any atom is -0.354 e. The van der Waals surface area contributed by atoms with E-state index in [2.05, 4.69) is 41.7 Å². The van der Waals surface area contributed by atoms with Crippen molar-refractivity contribution in [3.05, 3.63) is 0 Å². The first-order chi connectivity index (χ1) is 10.5. The Bertz CT molecular complexity index is 355. The van der Waals surface area contributed by atoms with Gasteiger partial charge in [-0.1, -0.05) is 33.1 Å². The Morgan fingerprint density at radius 3 is 2.35 bits per heavy atom. The fraction of sp³-hybridized carbons (Fsp3) is 0.882. The number of guanidine groups is 1. The van der Waals surface area contributed by atoms with Crippen LogP contribution >= 0.6 is 24.0 Å². The molecular formula is C17H35IN4O. The number of rotatable bonds is 7. The van der Waals surface area contributed by atoms with Crippen molar-refractivity contribution in [2.24, 2.45) is 10.9 Å². The number of carbonyl (C=O) groups is 1. The van der Waals surface area contributed by atoms with Gasteiger partial charge in [0.2, 0.25) is 5.91 Å². The predicted octanol–water partition coefficient (Wildman–Crippen LogP) is 3.04. The lowest BCUT2D eigenvalue weighted by Crippen LogP contribution is -2.47. The van der Waals surface area contributed by atoms with Crippen molar-refractivity contribution in [3.63, 3.8) is 0 Å². The molecule has 1 fully saturated rings. The van der Waals surface area contributed by atoms with E-state index in [1.54, 1.807) is 7.05 Å². The number of hydrogen-bond acceptors (Lipinski definition) is 2. The zero-order valence-electron chi connectivity index (χ0n) is 15.2. The molecule has 1 aliphatic rings. The van der Waals surface area contributed by atoms with Gasteiger partial charge >= 0.3 is 0 Å². The van der Waals surface area contributed by atoms with Crippen molar-refractivity contribution in [2.75, 3.05) is 13.6 Å². The van der Waals surface area contributed by atoms with E-state index in [0.717, 1.165) is 19.3 Å². The van der Waals surface area contributed by atoms with Gasteiger partial charge in [0.05, 0.1) is 6.54 Å². The van der Waals surface area contributed by atoms with Crippen molar-refractivity contribution in [2.45, 2.75) is 77.8 Å². The average molecular weight is 438 g/mol. The van der Waals surface area contributed by atoms with E-state index >= 15 is 0 Å². The molecule has 1 amide bonds. The van der Waals surface area contributed by atoms with E-state index in [0.29, 0.717) is 24.0 Å². The topological polar surface area (TPSA) is 65.5 Å². The van der Waals surface area contributed by atoms with Crippen molar-refractivity contribution < 1.29 is 4.79 Å². The molecule has 0 aromatic rings. The SMILES string of the molecule is CN=C(NCC(=O)NC1CCCCC1)NC(C)CCC(C)C.I. The molecule has 1 aliphatic carbocycles. The number of aliphatic imine (C=N–C) groups is 1. The van der Waals surface area contributed by atoms with E-state index in [9.17, 15) is 4.79 Å².